The number of nitrogens with one attached hydrogen (secondary N) is 1. The van der Waals surface area contributed by atoms with E-state index in [1.165, 1.54) is 0 Å². The van der Waals surface area contributed by atoms with Crippen LogP contribution in [-0.2, 0) is 6.42 Å². The minimum atomic E-state index is -0.532. The van der Waals surface area contributed by atoms with Crippen molar-refractivity contribution in [2.75, 3.05) is 6.61 Å². The van der Waals surface area contributed by atoms with Crippen molar-refractivity contribution in [1.82, 2.24) is 5.32 Å². The summed E-state index contributed by atoms with van der Waals surface area (Å²) in [7, 11) is 0. The van der Waals surface area contributed by atoms with Crippen LogP contribution in [-0.4, -0.2) is 33.9 Å². The van der Waals surface area contributed by atoms with Crippen molar-refractivity contribution in [2.45, 2.75) is 64.6 Å². The van der Waals surface area contributed by atoms with Gasteiger partial charge in [0.15, 0.2) is 0 Å². The number of nitro benzene ring substituents is 1. The maximum atomic E-state index is 11.0. The summed E-state index contributed by atoms with van der Waals surface area (Å²) in [6.45, 7) is 5.82. The Morgan fingerprint density at radius 1 is 1.42 bits per heavy atom. The van der Waals surface area contributed by atoms with Crippen molar-refractivity contribution in [3.8, 4) is 0 Å². The smallest absolute Gasteiger partial charge is 0.269 e. The summed E-state index contributed by atoms with van der Waals surface area (Å²) < 4.78 is 0. The molecule has 1 aliphatic rings. The van der Waals surface area contributed by atoms with Gasteiger partial charge < -0.3 is 15.5 Å². The number of nitrogens with zero attached hydrogens (tertiary/aromatic N) is 1. The lowest BCUT2D eigenvalue weighted by molar-refractivity contribution is -0.385. The van der Waals surface area contributed by atoms with Crippen LogP contribution in [0.1, 0.15) is 57.2 Å². The summed E-state index contributed by atoms with van der Waals surface area (Å²) in [4.78, 5) is 10.7. The lowest BCUT2D eigenvalue weighted by Gasteiger charge is -2.33. The summed E-state index contributed by atoms with van der Waals surface area (Å²) in [5, 5.41) is 34.4. The number of benzene rings is 1. The Hall–Kier alpha value is -1.50. The molecule has 3 N–H and O–H groups in total. The topological polar surface area (TPSA) is 95.6 Å². The Bertz CT molecular complexity index is 583. The lowest BCUT2D eigenvalue weighted by atomic mass is 9.84. The molecular formula is C18H28N2O4. The summed E-state index contributed by atoms with van der Waals surface area (Å²) in [6, 6.07) is 4.75. The standard InChI is InChI=1S/C18H28N2O4/c1-18(2,3)17(22)9-13(11-21)19-16-6-4-5-12-7-8-14(20(23)24)10-15(12)16/h7-8,10,13,16-17,19,21-22H,4-6,9,11H2,1-3H3. The van der Waals surface area contributed by atoms with Gasteiger partial charge in [0, 0.05) is 24.2 Å². The van der Waals surface area contributed by atoms with Crippen molar-refractivity contribution < 1.29 is 15.1 Å². The molecule has 0 aromatic heterocycles. The largest absolute Gasteiger partial charge is 0.395 e. The van der Waals surface area contributed by atoms with Crippen LogP contribution in [0.2, 0.25) is 0 Å². The third-order valence-electron chi connectivity index (χ3n) is 4.82. The highest BCUT2D eigenvalue weighted by Crippen LogP contribution is 2.33. The number of fused-ring (bicyclic) bond motifs is 1. The Labute approximate surface area is 143 Å². The molecule has 3 atom stereocenters. The third kappa shape index (κ3) is 4.53. The molecule has 1 aromatic rings. The predicted octanol–water partition coefficient (Wildman–Crippen LogP) is 2.72. The fourth-order valence-electron chi connectivity index (χ4n) is 3.18. The number of hydrogen-bond donors (Lipinski definition) is 3. The molecule has 0 radical (unpaired) electrons. The number of non-ortho nitro benzene ring substituents is 1. The zero-order valence-corrected chi connectivity index (χ0v) is 14.7. The third-order valence-corrected chi connectivity index (χ3v) is 4.82. The first kappa shape index (κ1) is 18.8. The van der Waals surface area contributed by atoms with E-state index in [1.54, 1.807) is 12.1 Å². The molecule has 1 aliphatic carbocycles. The van der Waals surface area contributed by atoms with Crippen LogP contribution in [0.5, 0.6) is 0 Å². The van der Waals surface area contributed by atoms with Crippen molar-refractivity contribution in [1.29, 1.82) is 0 Å². The number of aliphatic hydroxyl groups is 2. The average Bonchev–Trinajstić information content (AvgIpc) is 2.52. The SMILES string of the molecule is CC(C)(C)C(O)CC(CO)NC1CCCc2ccc([N+](=O)[O-])cc21. The number of aryl methyl sites for hydroxylation is 1. The van der Waals surface area contributed by atoms with E-state index < -0.39 is 6.10 Å². The number of rotatable bonds is 6. The molecule has 134 valence electrons. The van der Waals surface area contributed by atoms with E-state index in [9.17, 15) is 20.3 Å². The first-order valence-electron chi connectivity index (χ1n) is 8.54. The highest BCUT2D eigenvalue weighted by Gasteiger charge is 2.29. The average molecular weight is 336 g/mol. The maximum absolute atomic E-state index is 11.0. The Balaban J connectivity index is 2.15. The second-order valence-corrected chi connectivity index (χ2v) is 7.75. The van der Waals surface area contributed by atoms with Crippen LogP contribution in [0.4, 0.5) is 5.69 Å². The van der Waals surface area contributed by atoms with Crippen LogP contribution in [0.25, 0.3) is 0 Å². The second-order valence-electron chi connectivity index (χ2n) is 7.75. The van der Waals surface area contributed by atoms with Crippen LogP contribution < -0.4 is 5.32 Å². The molecule has 24 heavy (non-hydrogen) atoms. The van der Waals surface area contributed by atoms with Gasteiger partial charge in [-0.2, -0.15) is 0 Å². The van der Waals surface area contributed by atoms with Crippen LogP contribution in [0.3, 0.4) is 0 Å². The minimum Gasteiger partial charge on any atom is -0.395 e. The van der Waals surface area contributed by atoms with E-state index in [0.29, 0.717) is 6.42 Å². The molecule has 1 aromatic carbocycles. The zero-order chi connectivity index (χ0) is 17.9. The fraction of sp³-hybridized carbons (Fsp3) is 0.667. The first-order chi connectivity index (χ1) is 11.2. The van der Waals surface area contributed by atoms with E-state index >= 15 is 0 Å². The molecular weight excluding hydrogens is 308 g/mol. The minimum absolute atomic E-state index is 0.0297. The Morgan fingerprint density at radius 3 is 2.71 bits per heavy atom. The molecule has 0 amide bonds. The van der Waals surface area contributed by atoms with E-state index in [2.05, 4.69) is 5.32 Å². The van der Waals surface area contributed by atoms with Gasteiger partial charge in [-0.25, -0.2) is 0 Å². The van der Waals surface area contributed by atoms with Crippen LogP contribution in [0.15, 0.2) is 18.2 Å². The Kier molecular flexibility index (Phi) is 5.96. The van der Waals surface area contributed by atoms with E-state index in [1.807, 2.05) is 26.8 Å². The van der Waals surface area contributed by atoms with Crippen LogP contribution in [0, 0.1) is 15.5 Å². The van der Waals surface area contributed by atoms with Gasteiger partial charge >= 0.3 is 0 Å². The van der Waals surface area contributed by atoms with Gasteiger partial charge in [0.25, 0.3) is 5.69 Å². The zero-order valence-electron chi connectivity index (χ0n) is 14.7. The van der Waals surface area contributed by atoms with Crippen molar-refractivity contribution >= 4 is 5.69 Å². The van der Waals surface area contributed by atoms with E-state index in [-0.39, 0.29) is 34.7 Å². The fourth-order valence-corrected chi connectivity index (χ4v) is 3.18. The van der Waals surface area contributed by atoms with E-state index in [4.69, 9.17) is 0 Å². The van der Waals surface area contributed by atoms with Gasteiger partial charge in [0.1, 0.15) is 0 Å². The maximum Gasteiger partial charge on any atom is 0.269 e. The summed E-state index contributed by atoms with van der Waals surface area (Å²) >= 11 is 0. The highest BCUT2D eigenvalue weighted by atomic mass is 16.6. The molecule has 2 rings (SSSR count). The lowest BCUT2D eigenvalue weighted by Crippen LogP contribution is -2.42. The predicted molar refractivity (Wildman–Crippen MR) is 92.9 cm³/mol. The quantitative estimate of drug-likeness (QED) is 0.548. The number of nitro groups is 1. The van der Waals surface area contributed by atoms with Crippen LogP contribution >= 0.6 is 0 Å². The summed E-state index contributed by atoms with van der Waals surface area (Å²) in [5.74, 6) is 0. The Morgan fingerprint density at radius 2 is 2.12 bits per heavy atom. The van der Waals surface area contributed by atoms with Crippen molar-refractivity contribution in [3.05, 3.63) is 39.4 Å². The van der Waals surface area contributed by atoms with Gasteiger partial charge in [-0.3, -0.25) is 10.1 Å². The highest BCUT2D eigenvalue weighted by molar-refractivity contribution is 5.42. The summed E-state index contributed by atoms with van der Waals surface area (Å²) in [5.41, 5.74) is 1.91. The first-order valence-corrected chi connectivity index (χ1v) is 8.54. The van der Waals surface area contributed by atoms with Gasteiger partial charge in [0.05, 0.1) is 17.6 Å². The molecule has 0 aliphatic heterocycles. The van der Waals surface area contributed by atoms with Crippen molar-refractivity contribution in [2.24, 2.45) is 5.41 Å². The molecule has 0 saturated heterocycles. The monoisotopic (exact) mass is 336 g/mol. The van der Waals surface area contributed by atoms with Gasteiger partial charge in [0.2, 0.25) is 0 Å². The van der Waals surface area contributed by atoms with Gasteiger partial charge in [-0.05, 0) is 42.2 Å². The molecule has 0 saturated carbocycles. The molecule has 3 unspecified atom stereocenters. The number of aliphatic hydroxyl groups excluding tert-OH is 2. The van der Waals surface area contributed by atoms with Gasteiger partial charge in [-0.15, -0.1) is 0 Å². The molecule has 6 heteroatoms. The van der Waals surface area contributed by atoms with E-state index in [0.717, 1.165) is 30.4 Å². The van der Waals surface area contributed by atoms with Crippen molar-refractivity contribution in [3.63, 3.8) is 0 Å². The molecule has 0 fully saturated rings. The summed E-state index contributed by atoms with van der Waals surface area (Å²) in [6.07, 6.45) is 2.70. The molecule has 0 heterocycles. The normalized spacial score (nSPS) is 20.3. The number of hydrogen-bond acceptors (Lipinski definition) is 5. The molecule has 6 nitrogen and oxygen atoms in total. The second kappa shape index (κ2) is 7.59. The van der Waals surface area contributed by atoms with Gasteiger partial charge in [-0.1, -0.05) is 26.8 Å². The molecule has 0 bridgehead atoms. The molecule has 0 spiro atoms.